The lowest BCUT2D eigenvalue weighted by molar-refractivity contribution is 0.0293. The molecule has 1 saturated heterocycles. The smallest absolute Gasteiger partial charge is 0.122 e. The standard InChI is InChI=1S/C20H34N2O3/c1-5-17(6-2)22-9-8-21(18(15-22)7-10-23)14-16-11-19(24-3)13-20(12-16)25-4/h11-13,17-18,23H,5-10,14-15H2,1-4H3/t18-/m0/s1. The number of hydrogen-bond donors (Lipinski definition) is 1. The molecule has 1 aromatic rings. The summed E-state index contributed by atoms with van der Waals surface area (Å²) in [6.45, 7) is 8.78. The van der Waals surface area contributed by atoms with E-state index in [2.05, 4.69) is 35.8 Å². The first-order valence-corrected chi connectivity index (χ1v) is 9.46. The van der Waals surface area contributed by atoms with E-state index in [9.17, 15) is 5.11 Å². The molecule has 1 aromatic carbocycles. The molecule has 1 fully saturated rings. The highest BCUT2D eigenvalue weighted by molar-refractivity contribution is 5.38. The van der Waals surface area contributed by atoms with Gasteiger partial charge in [0.25, 0.3) is 0 Å². The second kappa shape index (κ2) is 10.00. The van der Waals surface area contributed by atoms with Crippen molar-refractivity contribution in [1.29, 1.82) is 0 Å². The lowest BCUT2D eigenvalue weighted by Gasteiger charge is -2.44. The summed E-state index contributed by atoms with van der Waals surface area (Å²) in [5, 5.41) is 9.52. The summed E-state index contributed by atoms with van der Waals surface area (Å²) in [5.74, 6) is 1.65. The Morgan fingerprint density at radius 1 is 1.08 bits per heavy atom. The Morgan fingerprint density at radius 3 is 2.24 bits per heavy atom. The Morgan fingerprint density at radius 2 is 1.72 bits per heavy atom. The lowest BCUT2D eigenvalue weighted by Crippen LogP contribution is -2.55. The SMILES string of the molecule is CCC(CC)N1CCN(Cc2cc(OC)cc(OC)c2)[C@@H](CCO)C1. The molecule has 5 heteroatoms. The molecule has 0 aromatic heterocycles. The Hall–Kier alpha value is -1.30. The minimum absolute atomic E-state index is 0.235. The van der Waals surface area contributed by atoms with Gasteiger partial charge in [-0.15, -0.1) is 0 Å². The molecule has 1 atom stereocenters. The Labute approximate surface area is 152 Å². The number of piperazine rings is 1. The molecule has 1 heterocycles. The van der Waals surface area contributed by atoms with Crippen LogP contribution in [0.25, 0.3) is 0 Å². The van der Waals surface area contributed by atoms with Crippen LogP contribution in [0.4, 0.5) is 0 Å². The number of aliphatic hydroxyl groups is 1. The van der Waals surface area contributed by atoms with Crippen molar-refractivity contribution in [3.8, 4) is 11.5 Å². The van der Waals surface area contributed by atoms with Crippen LogP contribution in [-0.2, 0) is 6.54 Å². The van der Waals surface area contributed by atoms with Gasteiger partial charge in [-0.05, 0) is 37.0 Å². The zero-order valence-electron chi connectivity index (χ0n) is 16.2. The molecule has 0 bridgehead atoms. The largest absolute Gasteiger partial charge is 0.497 e. The lowest BCUT2D eigenvalue weighted by atomic mass is 10.0. The van der Waals surface area contributed by atoms with Gasteiger partial charge in [-0.3, -0.25) is 9.80 Å². The molecule has 1 N–H and O–H groups in total. The summed E-state index contributed by atoms with van der Waals surface area (Å²) in [5.41, 5.74) is 1.19. The first-order valence-electron chi connectivity index (χ1n) is 9.46. The normalized spacial score (nSPS) is 19.4. The number of ether oxygens (including phenoxy) is 2. The summed E-state index contributed by atoms with van der Waals surface area (Å²) in [6.07, 6.45) is 3.20. The van der Waals surface area contributed by atoms with Crippen molar-refractivity contribution < 1.29 is 14.6 Å². The average Bonchev–Trinajstić information content (AvgIpc) is 2.64. The number of aliphatic hydroxyl groups excluding tert-OH is 1. The number of nitrogens with zero attached hydrogens (tertiary/aromatic N) is 2. The van der Waals surface area contributed by atoms with Crippen LogP contribution in [0, 0.1) is 0 Å². The molecule has 0 spiro atoms. The first-order chi connectivity index (χ1) is 12.1. The van der Waals surface area contributed by atoms with Crippen LogP contribution in [0.15, 0.2) is 18.2 Å². The van der Waals surface area contributed by atoms with Crippen molar-refractivity contribution in [2.45, 2.75) is 51.7 Å². The second-order valence-corrected chi connectivity index (χ2v) is 6.82. The van der Waals surface area contributed by atoms with Crippen LogP contribution in [0.2, 0.25) is 0 Å². The minimum atomic E-state index is 0.235. The van der Waals surface area contributed by atoms with Crippen molar-refractivity contribution in [2.24, 2.45) is 0 Å². The van der Waals surface area contributed by atoms with E-state index in [-0.39, 0.29) is 6.61 Å². The predicted octanol–water partition coefficient (Wildman–Crippen LogP) is 2.76. The molecule has 25 heavy (non-hydrogen) atoms. The number of hydrogen-bond acceptors (Lipinski definition) is 5. The fourth-order valence-electron chi connectivity index (χ4n) is 3.88. The molecule has 0 saturated carbocycles. The predicted molar refractivity (Wildman–Crippen MR) is 101 cm³/mol. The van der Waals surface area contributed by atoms with Crippen molar-refractivity contribution >= 4 is 0 Å². The molecule has 1 aliphatic heterocycles. The molecule has 0 radical (unpaired) electrons. The van der Waals surface area contributed by atoms with Crippen molar-refractivity contribution in [1.82, 2.24) is 9.80 Å². The van der Waals surface area contributed by atoms with Crippen LogP contribution in [0.3, 0.4) is 0 Å². The quantitative estimate of drug-likeness (QED) is 0.742. The van der Waals surface area contributed by atoms with E-state index in [1.54, 1.807) is 14.2 Å². The van der Waals surface area contributed by atoms with Gasteiger partial charge >= 0.3 is 0 Å². The van der Waals surface area contributed by atoms with E-state index in [0.717, 1.165) is 44.1 Å². The topological polar surface area (TPSA) is 45.2 Å². The van der Waals surface area contributed by atoms with Crippen molar-refractivity contribution in [3.05, 3.63) is 23.8 Å². The van der Waals surface area contributed by atoms with Gasteiger partial charge in [0, 0.05) is 50.9 Å². The maximum Gasteiger partial charge on any atom is 0.122 e. The van der Waals surface area contributed by atoms with Gasteiger partial charge in [0.15, 0.2) is 0 Å². The van der Waals surface area contributed by atoms with E-state index >= 15 is 0 Å². The molecule has 1 aliphatic rings. The third kappa shape index (κ3) is 5.33. The van der Waals surface area contributed by atoms with Crippen LogP contribution < -0.4 is 9.47 Å². The fourth-order valence-corrected chi connectivity index (χ4v) is 3.88. The molecule has 0 unspecified atom stereocenters. The van der Waals surface area contributed by atoms with Gasteiger partial charge in [-0.2, -0.15) is 0 Å². The fraction of sp³-hybridized carbons (Fsp3) is 0.700. The van der Waals surface area contributed by atoms with Crippen LogP contribution in [0.5, 0.6) is 11.5 Å². The number of rotatable bonds is 9. The van der Waals surface area contributed by atoms with Crippen molar-refractivity contribution in [3.63, 3.8) is 0 Å². The number of methoxy groups -OCH3 is 2. The Kier molecular flexibility index (Phi) is 8.00. The average molecular weight is 351 g/mol. The molecule has 2 rings (SSSR count). The Balaban J connectivity index is 2.10. The highest BCUT2D eigenvalue weighted by Gasteiger charge is 2.29. The van der Waals surface area contributed by atoms with Crippen LogP contribution >= 0.6 is 0 Å². The Bertz CT molecular complexity index is 497. The summed E-state index contributed by atoms with van der Waals surface area (Å²) >= 11 is 0. The molecule has 0 amide bonds. The van der Waals surface area contributed by atoms with Gasteiger partial charge in [-0.1, -0.05) is 13.8 Å². The molecule has 0 aliphatic carbocycles. The summed E-state index contributed by atoms with van der Waals surface area (Å²) in [7, 11) is 3.36. The zero-order valence-corrected chi connectivity index (χ0v) is 16.2. The maximum absolute atomic E-state index is 9.52. The molecule has 5 nitrogen and oxygen atoms in total. The first kappa shape index (κ1) is 20.0. The minimum Gasteiger partial charge on any atom is -0.497 e. The van der Waals surface area contributed by atoms with Crippen LogP contribution in [-0.4, -0.2) is 67.5 Å². The second-order valence-electron chi connectivity index (χ2n) is 6.82. The monoisotopic (exact) mass is 350 g/mol. The molecule has 142 valence electrons. The van der Waals surface area contributed by atoms with Gasteiger partial charge < -0.3 is 14.6 Å². The maximum atomic E-state index is 9.52. The van der Waals surface area contributed by atoms with Gasteiger partial charge in [0.1, 0.15) is 11.5 Å². The third-order valence-corrected chi connectivity index (χ3v) is 5.35. The molecular weight excluding hydrogens is 316 g/mol. The zero-order chi connectivity index (χ0) is 18.2. The van der Waals surface area contributed by atoms with Gasteiger partial charge in [-0.25, -0.2) is 0 Å². The third-order valence-electron chi connectivity index (χ3n) is 5.35. The summed E-state index contributed by atoms with van der Waals surface area (Å²) in [4.78, 5) is 5.09. The van der Waals surface area contributed by atoms with Crippen LogP contribution in [0.1, 0.15) is 38.7 Å². The van der Waals surface area contributed by atoms with Crippen molar-refractivity contribution in [2.75, 3.05) is 40.5 Å². The van der Waals surface area contributed by atoms with E-state index in [0.29, 0.717) is 12.1 Å². The molecular formula is C20H34N2O3. The highest BCUT2D eigenvalue weighted by atomic mass is 16.5. The number of benzene rings is 1. The van der Waals surface area contributed by atoms with E-state index < -0.39 is 0 Å². The van der Waals surface area contributed by atoms with E-state index in [1.807, 2.05) is 6.07 Å². The van der Waals surface area contributed by atoms with E-state index in [1.165, 1.54) is 18.4 Å². The summed E-state index contributed by atoms with van der Waals surface area (Å²) in [6, 6.07) is 7.09. The van der Waals surface area contributed by atoms with Gasteiger partial charge in [0.2, 0.25) is 0 Å². The van der Waals surface area contributed by atoms with Gasteiger partial charge in [0.05, 0.1) is 14.2 Å². The summed E-state index contributed by atoms with van der Waals surface area (Å²) < 4.78 is 10.8. The highest BCUT2D eigenvalue weighted by Crippen LogP contribution is 2.26. The van der Waals surface area contributed by atoms with E-state index in [4.69, 9.17) is 9.47 Å².